The zero-order valence-corrected chi connectivity index (χ0v) is 12.5. The molecule has 5 atom stereocenters. The molecule has 1 nitrogen and oxygen atoms in total. The summed E-state index contributed by atoms with van der Waals surface area (Å²) < 4.78 is 0. The molecule has 0 bridgehead atoms. The Hall–Kier alpha value is -0.300. The van der Waals surface area contributed by atoms with Crippen LogP contribution >= 0.6 is 0 Å². The van der Waals surface area contributed by atoms with Gasteiger partial charge in [-0.15, -0.1) is 0 Å². The van der Waals surface area contributed by atoms with E-state index in [0.29, 0.717) is 29.1 Å². The predicted molar refractivity (Wildman–Crippen MR) is 74.6 cm³/mol. The minimum atomic E-state index is -0.0837. The molecule has 98 valence electrons. The van der Waals surface area contributed by atoms with Gasteiger partial charge in [-0.05, 0) is 41.4 Å². The lowest BCUT2D eigenvalue weighted by atomic mass is 9.61. The van der Waals surface area contributed by atoms with Crippen molar-refractivity contribution in [3.63, 3.8) is 0 Å². The van der Waals surface area contributed by atoms with E-state index in [-0.39, 0.29) is 11.0 Å². The first-order valence-corrected chi connectivity index (χ1v) is 7.02. The number of allylic oxidation sites excluding steroid dienone is 2. The summed E-state index contributed by atoms with van der Waals surface area (Å²) in [7, 11) is 0. The lowest BCUT2D eigenvalue weighted by Crippen LogP contribution is -2.54. The van der Waals surface area contributed by atoms with Crippen molar-refractivity contribution in [3.05, 3.63) is 12.2 Å². The molecule has 2 aliphatic carbocycles. The molecule has 1 fully saturated rings. The number of hydrogen-bond donors (Lipinski definition) is 1. The van der Waals surface area contributed by atoms with Gasteiger partial charge < -0.3 is 5.73 Å². The molecule has 0 aliphatic heterocycles. The molecule has 0 aromatic heterocycles. The predicted octanol–water partition coefficient (Wildman–Crippen LogP) is 3.84. The topological polar surface area (TPSA) is 26.0 Å². The van der Waals surface area contributed by atoms with Gasteiger partial charge in [0.15, 0.2) is 0 Å². The van der Waals surface area contributed by atoms with Crippen LogP contribution in [0.15, 0.2) is 12.2 Å². The fourth-order valence-corrected chi connectivity index (χ4v) is 4.80. The SMILES string of the molecule is CC1C=CC(C)C2C1C(C)(C)C(C)(C)C2(C)N. The lowest BCUT2D eigenvalue weighted by Gasteiger charge is -2.45. The molecular weight excluding hydrogens is 206 g/mol. The molecule has 5 unspecified atom stereocenters. The molecule has 17 heavy (non-hydrogen) atoms. The number of nitrogens with two attached hydrogens (primary N) is 1. The van der Waals surface area contributed by atoms with Gasteiger partial charge in [-0.3, -0.25) is 0 Å². The van der Waals surface area contributed by atoms with Crippen LogP contribution in [-0.4, -0.2) is 5.54 Å². The van der Waals surface area contributed by atoms with Crippen LogP contribution < -0.4 is 5.73 Å². The van der Waals surface area contributed by atoms with Gasteiger partial charge in [0.05, 0.1) is 0 Å². The van der Waals surface area contributed by atoms with Gasteiger partial charge >= 0.3 is 0 Å². The van der Waals surface area contributed by atoms with Gasteiger partial charge in [0.1, 0.15) is 0 Å². The Morgan fingerprint density at radius 1 is 0.824 bits per heavy atom. The molecule has 0 aromatic carbocycles. The summed E-state index contributed by atoms with van der Waals surface area (Å²) >= 11 is 0. The molecule has 0 heterocycles. The van der Waals surface area contributed by atoms with Gasteiger partial charge in [0.25, 0.3) is 0 Å². The fraction of sp³-hybridized carbons (Fsp3) is 0.875. The van der Waals surface area contributed by atoms with Crippen LogP contribution in [0.5, 0.6) is 0 Å². The van der Waals surface area contributed by atoms with Crippen molar-refractivity contribution in [2.45, 2.75) is 54.0 Å². The van der Waals surface area contributed by atoms with Crippen LogP contribution in [0.3, 0.4) is 0 Å². The molecule has 0 aromatic rings. The Morgan fingerprint density at radius 3 is 1.65 bits per heavy atom. The fourth-order valence-electron chi connectivity index (χ4n) is 4.80. The summed E-state index contributed by atoms with van der Waals surface area (Å²) in [5.41, 5.74) is 7.18. The molecule has 0 saturated heterocycles. The summed E-state index contributed by atoms with van der Waals surface area (Å²) in [6.07, 6.45) is 4.79. The minimum absolute atomic E-state index is 0.0837. The average molecular weight is 235 g/mol. The Morgan fingerprint density at radius 2 is 1.24 bits per heavy atom. The number of rotatable bonds is 0. The first kappa shape index (κ1) is 13.1. The van der Waals surface area contributed by atoms with E-state index in [0.717, 1.165) is 0 Å². The summed E-state index contributed by atoms with van der Waals surface area (Å²) in [4.78, 5) is 0. The summed E-state index contributed by atoms with van der Waals surface area (Å²) in [6.45, 7) is 16.6. The van der Waals surface area contributed by atoms with Crippen LogP contribution in [0.2, 0.25) is 0 Å². The zero-order chi connectivity index (χ0) is 13.2. The highest BCUT2D eigenvalue weighted by atomic mass is 14.9. The first-order chi connectivity index (χ1) is 7.55. The molecular formula is C16H29N. The molecule has 0 radical (unpaired) electrons. The molecule has 0 amide bonds. The van der Waals surface area contributed by atoms with Crippen LogP contribution in [0.1, 0.15) is 48.5 Å². The van der Waals surface area contributed by atoms with E-state index in [4.69, 9.17) is 5.73 Å². The molecule has 2 rings (SSSR count). The van der Waals surface area contributed by atoms with E-state index >= 15 is 0 Å². The maximum Gasteiger partial charge on any atom is 0.0219 e. The van der Waals surface area contributed by atoms with Gasteiger partial charge in [0, 0.05) is 5.54 Å². The quantitative estimate of drug-likeness (QED) is 0.634. The second-order valence-electron chi connectivity index (χ2n) is 7.78. The van der Waals surface area contributed by atoms with Gasteiger partial charge in [0.2, 0.25) is 0 Å². The minimum Gasteiger partial charge on any atom is -0.325 e. The maximum atomic E-state index is 6.80. The monoisotopic (exact) mass is 235 g/mol. The summed E-state index contributed by atoms with van der Waals surface area (Å²) in [5, 5.41) is 0. The van der Waals surface area contributed by atoms with Crippen molar-refractivity contribution in [2.75, 3.05) is 0 Å². The third kappa shape index (κ3) is 1.35. The van der Waals surface area contributed by atoms with Crippen molar-refractivity contribution in [3.8, 4) is 0 Å². The maximum absolute atomic E-state index is 6.80. The summed E-state index contributed by atoms with van der Waals surface area (Å²) in [5.74, 6) is 2.56. The van der Waals surface area contributed by atoms with Crippen molar-refractivity contribution >= 4 is 0 Å². The Bertz CT molecular complexity index is 317. The Balaban J connectivity index is 2.59. The van der Waals surface area contributed by atoms with Crippen LogP contribution in [0.25, 0.3) is 0 Å². The zero-order valence-electron chi connectivity index (χ0n) is 12.5. The second-order valence-corrected chi connectivity index (χ2v) is 7.78. The van der Waals surface area contributed by atoms with Crippen molar-refractivity contribution < 1.29 is 0 Å². The van der Waals surface area contributed by atoms with Crippen molar-refractivity contribution in [1.82, 2.24) is 0 Å². The van der Waals surface area contributed by atoms with E-state index in [1.165, 1.54) is 0 Å². The van der Waals surface area contributed by atoms with E-state index in [9.17, 15) is 0 Å². The number of hydrogen-bond acceptors (Lipinski definition) is 1. The second kappa shape index (κ2) is 3.38. The molecule has 2 N–H and O–H groups in total. The standard InChI is InChI=1S/C16H29N/c1-10-8-9-11(2)13-12(10)14(3,4)15(5,6)16(13,7)17/h8-13H,17H2,1-7H3. The van der Waals surface area contributed by atoms with E-state index in [1.54, 1.807) is 0 Å². The average Bonchev–Trinajstić information content (AvgIpc) is 2.29. The highest BCUT2D eigenvalue weighted by Crippen LogP contribution is 2.67. The highest BCUT2D eigenvalue weighted by molar-refractivity contribution is 5.23. The third-order valence-corrected chi connectivity index (χ3v) is 6.72. The normalized spacial score (nSPS) is 51.3. The first-order valence-electron chi connectivity index (χ1n) is 7.02. The van der Waals surface area contributed by atoms with Gasteiger partial charge in [-0.25, -0.2) is 0 Å². The molecule has 0 spiro atoms. The lowest BCUT2D eigenvalue weighted by molar-refractivity contribution is 0.0581. The molecule has 1 heteroatoms. The van der Waals surface area contributed by atoms with Crippen molar-refractivity contribution in [1.29, 1.82) is 0 Å². The van der Waals surface area contributed by atoms with Gasteiger partial charge in [-0.2, -0.15) is 0 Å². The largest absolute Gasteiger partial charge is 0.325 e. The molecule has 2 aliphatic rings. The van der Waals surface area contributed by atoms with Crippen LogP contribution in [0.4, 0.5) is 0 Å². The molecule has 1 saturated carbocycles. The number of fused-ring (bicyclic) bond motifs is 1. The van der Waals surface area contributed by atoms with Crippen LogP contribution in [0, 0.1) is 34.5 Å². The third-order valence-electron chi connectivity index (χ3n) is 6.72. The van der Waals surface area contributed by atoms with E-state index in [2.05, 4.69) is 60.6 Å². The Kier molecular flexibility index (Phi) is 2.61. The van der Waals surface area contributed by atoms with Gasteiger partial charge in [-0.1, -0.05) is 53.7 Å². The van der Waals surface area contributed by atoms with Crippen LogP contribution in [-0.2, 0) is 0 Å². The van der Waals surface area contributed by atoms with Crippen molar-refractivity contribution in [2.24, 2.45) is 40.2 Å². The van der Waals surface area contributed by atoms with E-state index < -0.39 is 0 Å². The highest BCUT2D eigenvalue weighted by Gasteiger charge is 2.66. The Labute approximate surface area is 107 Å². The smallest absolute Gasteiger partial charge is 0.0219 e. The summed E-state index contributed by atoms with van der Waals surface area (Å²) in [6, 6.07) is 0. The van der Waals surface area contributed by atoms with E-state index in [1.807, 2.05) is 0 Å².